The summed E-state index contributed by atoms with van der Waals surface area (Å²) < 4.78 is 44.0. The number of Topliss-reactive ketones (excluding diaryl/α,β-unsaturated/α-hetero) is 1. The minimum Gasteiger partial charge on any atom is -0.350 e. The first-order valence-corrected chi connectivity index (χ1v) is 7.91. The zero-order valence-electron chi connectivity index (χ0n) is 14.4. The van der Waals surface area contributed by atoms with Crippen molar-refractivity contribution in [2.45, 2.75) is 33.4 Å². The van der Waals surface area contributed by atoms with Crippen LogP contribution < -0.4 is 0 Å². The molecule has 2 aliphatic rings. The van der Waals surface area contributed by atoms with Gasteiger partial charge in [0.2, 0.25) is 5.76 Å². The van der Waals surface area contributed by atoms with Crippen LogP contribution in [0, 0.1) is 29.1 Å². The maximum Gasteiger partial charge on any atom is 0.422 e. The Morgan fingerprint density at radius 3 is 2.54 bits per heavy atom. The predicted molar refractivity (Wildman–Crippen MR) is 81.7 cm³/mol. The van der Waals surface area contributed by atoms with Crippen molar-refractivity contribution in [1.82, 2.24) is 10.1 Å². The van der Waals surface area contributed by atoms with Gasteiger partial charge in [-0.15, -0.1) is 0 Å². The van der Waals surface area contributed by atoms with Gasteiger partial charge in [0.05, 0.1) is 11.3 Å². The lowest BCUT2D eigenvalue weighted by molar-refractivity contribution is -0.139. The van der Waals surface area contributed by atoms with E-state index in [1.807, 2.05) is 6.07 Å². The Morgan fingerprint density at radius 2 is 2.00 bits per heavy atom. The van der Waals surface area contributed by atoms with Crippen LogP contribution in [0.3, 0.4) is 0 Å². The highest BCUT2D eigenvalue weighted by Crippen LogP contribution is 2.48. The van der Waals surface area contributed by atoms with Gasteiger partial charge in [-0.1, -0.05) is 25.1 Å². The number of allylic oxidation sites excluding steroid dienone is 1. The molecule has 0 bridgehead atoms. The van der Waals surface area contributed by atoms with Gasteiger partial charge in [0.25, 0.3) is 5.91 Å². The lowest BCUT2D eigenvalue weighted by Gasteiger charge is -2.52. The third kappa shape index (κ3) is 2.69. The third-order valence-electron chi connectivity index (χ3n) is 4.86. The maximum atomic E-state index is 13.1. The third-order valence-corrected chi connectivity index (χ3v) is 4.86. The van der Waals surface area contributed by atoms with E-state index in [0.29, 0.717) is 6.42 Å². The zero-order chi connectivity index (χ0) is 19.5. The first-order chi connectivity index (χ1) is 11.9. The van der Waals surface area contributed by atoms with E-state index in [4.69, 9.17) is 5.26 Å². The molecule has 26 heavy (non-hydrogen) atoms. The maximum absolute atomic E-state index is 13.1. The Labute approximate surface area is 147 Å². The molecule has 0 unspecified atom stereocenters. The van der Waals surface area contributed by atoms with Crippen molar-refractivity contribution in [3.63, 3.8) is 0 Å². The van der Waals surface area contributed by atoms with E-state index in [0.717, 1.165) is 6.92 Å². The van der Waals surface area contributed by atoms with Gasteiger partial charge in [-0.05, 0) is 13.3 Å². The number of aryl methyl sites for hydroxylation is 1. The molecule has 1 saturated heterocycles. The Balaban J connectivity index is 1.85. The molecule has 0 aromatic carbocycles. The van der Waals surface area contributed by atoms with Crippen molar-refractivity contribution in [3.8, 4) is 6.07 Å². The summed E-state index contributed by atoms with van der Waals surface area (Å²) in [4.78, 5) is 25.8. The number of carbonyl (C=O) groups excluding carboxylic acids is 2. The van der Waals surface area contributed by atoms with Gasteiger partial charge in [0, 0.05) is 23.9 Å². The van der Waals surface area contributed by atoms with E-state index in [1.54, 1.807) is 19.9 Å². The van der Waals surface area contributed by atoms with Gasteiger partial charge < -0.3 is 9.42 Å². The average Bonchev–Trinajstić information content (AvgIpc) is 2.88. The molecular formula is C17H16F3N3O3. The van der Waals surface area contributed by atoms with Crippen molar-refractivity contribution >= 4 is 11.7 Å². The van der Waals surface area contributed by atoms with Crippen molar-refractivity contribution in [3.05, 3.63) is 28.7 Å². The van der Waals surface area contributed by atoms with E-state index in [9.17, 15) is 22.8 Å². The number of hydrogen-bond donors (Lipinski definition) is 0. The van der Waals surface area contributed by atoms with E-state index < -0.39 is 39.9 Å². The van der Waals surface area contributed by atoms with E-state index in [-0.39, 0.29) is 24.4 Å². The van der Waals surface area contributed by atoms with Crippen molar-refractivity contribution in [1.29, 1.82) is 5.26 Å². The molecule has 3 rings (SSSR count). The van der Waals surface area contributed by atoms with E-state index >= 15 is 0 Å². The lowest BCUT2D eigenvalue weighted by atomic mass is 9.61. The smallest absolute Gasteiger partial charge is 0.350 e. The van der Waals surface area contributed by atoms with Crippen molar-refractivity contribution in [2.24, 2.45) is 10.8 Å². The number of halogens is 3. The van der Waals surface area contributed by atoms with Crippen LogP contribution in [-0.4, -0.2) is 34.8 Å². The van der Waals surface area contributed by atoms with Gasteiger partial charge in [-0.2, -0.15) is 18.4 Å². The van der Waals surface area contributed by atoms with Gasteiger partial charge in [-0.3, -0.25) is 9.59 Å². The fourth-order valence-electron chi connectivity index (χ4n) is 3.88. The second-order valence-electron chi connectivity index (χ2n) is 7.55. The zero-order valence-corrected chi connectivity index (χ0v) is 14.4. The minimum atomic E-state index is -4.75. The molecule has 0 N–H and O–H groups in total. The number of likely N-dealkylation sites (tertiary alicyclic amines) is 1. The molecule has 6 nitrogen and oxygen atoms in total. The predicted octanol–water partition coefficient (Wildman–Crippen LogP) is 2.89. The number of nitriles is 1. The summed E-state index contributed by atoms with van der Waals surface area (Å²) in [7, 11) is 0. The summed E-state index contributed by atoms with van der Waals surface area (Å²) >= 11 is 0. The Hall–Kier alpha value is -2.63. The average molecular weight is 367 g/mol. The van der Waals surface area contributed by atoms with Crippen LogP contribution in [0.15, 0.2) is 16.2 Å². The summed E-state index contributed by atoms with van der Waals surface area (Å²) in [6.45, 7) is 4.79. The van der Waals surface area contributed by atoms with Crippen LogP contribution in [0.2, 0.25) is 0 Å². The molecule has 1 aromatic rings. The van der Waals surface area contributed by atoms with Crippen LogP contribution in [-0.2, 0) is 11.0 Å². The number of amides is 1. The van der Waals surface area contributed by atoms with Gasteiger partial charge >= 0.3 is 6.18 Å². The summed E-state index contributed by atoms with van der Waals surface area (Å²) in [6.07, 6.45) is -2.79. The highest BCUT2D eigenvalue weighted by Gasteiger charge is 2.53. The summed E-state index contributed by atoms with van der Waals surface area (Å²) in [6, 6.07) is 1.87. The summed E-state index contributed by atoms with van der Waals surface area (Å²) in [5.74, 6) is -1.99. The fourth-order valence-corrected chi connectivity index (χ4v) is 3.88. The quantitative estimate of drug-likeness (QED) is 0.762. The SMILES string of the molecule is Cc1noc(C(=O)N2CC3(C=C(C#N)C(=O)C(C)(C)C3)C2)c1C(F)(F)F. The van der Waals surface area contributed by atoms with Crippen molar-refractivity contribution < 1.29 is 27.3 Å². The molecule has 1 fully saturated rings. The van der Waals surface area contributed by atoms with Gasteiger partial charge in [-0.25, -0.2) is 0 Å². The summed E-state index contributed by atoms with van der Waals surface area (Å²) in [5.41, 5.74) is -2.90. The van der Waals surface area contributed by atoms with Crippen LogP contribution in [0.4, 0.5) is 13.2 Å². The molecule has 0 radical (unpaired) electrons. The topological polar surface area (TPSA) is 87.2 Å². The first-order valence-electron chi connectivity index (χ1n) is 7.91. The number of rotatable bonds is 1. The Bertz CT molecular complexity index is 868. The van der Waals surface area contributed by atoms with Crippen LogP contribution in [0.1, 0.15) is 42.1 Å². The lowest BCUT2D eigenvalue weighted by Crippen LogP contribution is -2.61. The fraction of sp³-hybridized carbons (Fsp3) is 0.529. The molecule has 9 heteroatoms. The molecule has 0 saturated carbocycles. The first kappa shape index (κ1) is 18.2. The number of carbonyl (C=O) groups is 2. The second-order valence-corrected chi connectivity index (χ2v) is 7.55. The largest absolute Gasteiger partial charge is 0.422 e. The molecule has 1 aliphatic heterocycles. The van der Waals surface area contributed by atoms with E-state index in [2.05, 4.69) is 9.68 Å². The highest BCUT2D eigenvalue weighted by atomic mass is 19.4. The molecular weight excluding hydrogens is 351 g/mol. The Kier molecular flexibility index (Phi) is 3.80. The molecule has 2 heterocycles. The number of nitrogens with zero attached hydrogens (tertiary/aromatic N) is 3. The normalized spacial score (nSPS) is 21.2. The highest BCUT2D eigenvalue weighted by molar-refractivity contribution is 6.04. The molecule has 1 amide bonds. The number of hydrogen-bond acceptors (Lipinski definition) is 5. The van der Waals surface area contributed by atoms with Crippen LogP contribution in [0.5, 0.6) is 0 Å². The van der Waals surface area contributed by atoms with E-state index in [1.165, 1.54) is 4.90 Å². The van der Waals surface area contributed by atoms with Crippen molar-refractivity contribution in [2.75, 3.05) is 13.1 Å². The number of ketones is 1. The minimum absolute atomic E-state index is 0.0276. The van der Waals surface area contributed by atoms with Gasteiger partial charge in [0.15, 0.2) is 5.78 Å². The molecule has 1 spiro atoms. The van der Waals surface area contributed by atoms with Gasteiger partial charge in [0.1, 0.15) is 11.6 Å². The molecule has 138 valence electrons. The molecule has 0 atom stereocenters. The Morgan fingerprint density at radius 1 is 1.38 bits per heavy atom. The standard InChI is InChI=1S/C17H16F3N3O3/c1-9-11(17(18,19)20)12(26-22-9)14(25)23-7-16(8-23)4-10(5-21)13(24)15(2,3)6-16/h4H,6-8H2,1-3H3. The van der Waals surface area contributed by atoms with Crippen LogP contribution >= 0.6 is 0 Å². The number of aromatic nitrogens is 1. The molecule has 1 aliphatic carbocycles. The number of alkyl halides is 3. The molecule has 1 aromatic heterocycles. The second kappa shape index (κ2) is 5.43. The monoisotopic (exact) mass is 367 g/mol. The van der Waals surface area contributed by atoms with Crippen LogP contribution in [0.25, 0.3) is 0 Å². The summed E-state index contributed by atoms with van der Waals surface area (Å²) in [5, 5.41) is 12.4.